The van der Waals surface area contributed by atoms with Crippen LogP contribution >= 0.6 is 0 Å². The first kappa shape index (κ1) is 15.0. The third-order valence-electron chi connectivity index (χ3n) is 5.05. The number of para-hydroxylation sites is 1. The average Bonchev–Trinajstić information content (AvgIpc) is 3.06. The Hall–Kier alpha value is -3.32. The van der Waals surface area contributed by atoms with Crippen LogP contribution in [0.5, 0.6) is 0 Å². The molecule has 1 heteroatoms. The Balaban J connectivity index is 1.76. The second-order valence-corrected chi connectivity index (χ2v) is 6.67. The second kappa shape index (κ2) is 5.89. The molecule has 5 aromatic rings. The van der Waals surface area contributed by atoms with Crippen molar-refractivity contribution in [3.8, 4) is 22.3 Å². The van der Waals surface area contributed by atoms with Gasteiger partial charge in [0.1, 0.15) is 11.2 Å². The van der Waals surface area contributed by atoms with Gasteiger partial charge in [-0.2, -0.15) is 0 Å². The summed E-state index contributed by atoms with van der Waals surface area (Å²) in [4.78, 5) is 0. The van der Waals surface area contributed by atoms with Crippen molar-refractivity contribution in [3.05, 3.63) is 96.6 Å². The van der Waals surface area contributed by atoms with Crippen molar-refractivity contribution in [2.45, 2.75) is 6.92 Å². The van der Waals surface area contributed by atoms with Gasteiger partial charge in [-0.25, -0.2) is 0 Å². The molecular formula is C25H18O. The zero-order valence-corrected chi connectivity index (χ0v) is 14.6. The van der Waals surface area contributed by atoms with E-state index in [1.54, 1.807) is 0 Å². The number of furan rings is 1. The summed E-state index contributed by atoms with van der Waals surface area (Å²) in [5, 5.41) is 2.33. The van der Waals surface area contributed by atoms with Crippen LogP contribution in [-0.4, -0.2) is 0 Å². The van der Waals surface area contributed by atoms with Crippen LogP contribution in [0.3, 0.4) is 0 Å². The minimum absolute atomic E-state index is 0.934. The maximum absolute atomic E-state index is 5.98. The van der Waals surface area contributed by atoms with Gasteiger partial charge >= 0.3 is 0 Å². The predicted molar refractivity (Wildman–Crippen MR) is 109 cm³/mol. The number of hydrogen-bond donors (Lipinski definition) is 0. The summed E-state index contributed by atoms with van der Waals surface area (Å²) in [5.41, 5.74) is 8.15. The van der Waals surface area contributed by atoms with Crippen LogP contribution in [0.2, 0.25) is 0 Å². The summed E-state index contributed by atoms with van der Waals surface area (Å²) >= 11 is 0. The van der Waals surface area contributed by atoms with E-state index in [9.17, 15) is 0 Å². The lowest BCUT2D eigenvalue weighted by Gasteiger charge is -2.12. The van der Waals surface area contributed by atoms with Crippen LogP contribution in [0, 0.1) is 6.92 Å². The molecule has 0 amide bonds. The zero-order valence-electron chi connectivity index (χ0n) is 14.6. The Labute approximate surface area is 152 Å². The lowest BCUT2D eigenvalue weighted by molar-refractivity contribution is 0.669. The van der Waals surface area contributed by atoms with Gasteiger partial charge < -0.3 is 4.42 Å². The lowest BCUT2D eigenvalue weighted by atomic mass is 9.92. The summed E-state index contributed by atoms with van der Waals surface area (Å²) in [5.74, 6) is 0. The first-order valence-corrected chi connectivity index (χ1v) is 8.88. The van der Waals surface area contributed by atoms with Crippen molar-refractivity contribution >= 4 is 21.9 Å². The maximum Gasteiger partial charge on any atom is 0.135 e. The van der Waals surface area contributed by atoms with Crippen molar-refractivity contribution in [2.75, 3.05) is 0 Å². The van der Waals surface area contributed by atoms with E-state index >= 15 is 0 Å². The molecule has 1 nitrogen and oxygen atoms in total. The predicted octanol–water partition coefficient (Wildman–Crippen LogP) is 7.23. The zero-order chi connectivity index (χ0) is 17.5. The first-order valence-electron chi connectivity index (χ1n) is 8.88. The third-order valence-corrected chi connectivity index (χ3v) is 5.05. The number of aryl methyl sites for hydroxylation is 1. The van der Waals surface area contributed by atoms with E-state index in [-0.39, 0.29) is 0 Å². The van der Waals surface area contributed by atoms with Crippen LogP contribution in [0.25, 0.3) is 44.2 Å². The fourth-order valence-electron chi connectivity index (χ4n) is 3.74. The molecule has 0 fully saturated rings. The number of fused-ring (bicyclic) bond motifs is 3. The Morgan fingerprint density at radius 1 is 0.538 bits per heavy atom. The molecule has 0 atom stereocenters. The number of hydrogen-bond acceptors (Lipinski definition) is 1. The molecule has 0 bridgehead atoms. The highest BCUT2D eigenvalue weighted by atomic mass is 16.3. The first-order chi connectivity index (χ1) is 12.8. The number of benzene rings is 4. The maximum atomic E-state index is 5.98. The summed E-state index contributed by atoms with van der Waals surface area (Å²) < 4.78 is 5.98. The molecule has 1 aromatic heterocycles. The molecule has 5 rings (SSSR count). The van der Waals surface area contributed by atoms with Gasteiger partial charge in [-0.15, -0.1) is 0 Å². The van der Waals surface area contributed by atoms with Gasteiger partial charge in [0.2, 0.25) is 0 Å². The Kier molecular flexibility index (Phi) is 3.39. The molecule has 0 aliphatic carbocycles. The van der Waals surface area contributed by atoms with E-state index in [2.05, 4.69) is 85.8 Å². The molecule has 0 spiro atoms. The quantitative estimate of drug-likeness (QED) is 0.332. The summed E-state index contributed by atoms with van der Waals surface area (Å²) in [6, 6.07) is 31.9. The highest BCUT2D eigenvalue weighted by molar-refractivity contribution is 6.06. The van der Waals surface area contributed by atoms with E-state index in [0.29, 0.717) is 0 Å². The fraction of sp³-hybridized carbons (Fsp3) is 0.0400. The van der Waals surface area contributed by atoms with E-state index in [1.165, 1.54) is 27.8 Å². The van der Waals surface area contributed by atoms with Crippen LogP contribution in [0.4, 0.5) is 0 Å². The summed E-state index contributed by atoms with van der Waals surface area (Å²) in [6.07, 6.45) is 0. The minimum Gasteiger partial charge on any atom is -0.456 e. The Morgan fingerprint density at radius 2 is 1.19 bits per heavy atom. The lowest BCUT2D eigenvalue weighted by Crippen LogP contribution is -1.87. The van der Waals surface area contributed by atoms with Crippen LogP contribution in [-0.2, 0) is 0 Å². The molecular weight excluding hydrogens is 316 g/mol. The van der Waals surface area contributed by atoms with Crippen LogP contribution < -0.4 is 0 Å². The van der Waals surface area contributed by atoms with Gasteiger partial charge in [-0.1, -0.05) is 72.8 Å². The molecule has 26 heavy (non-hydrogen) atoms. The van der Waals surface area contributed by atoms with Gasteiger partial charge in [-0.3, -0.25) is 0 Å². The molecule has 1 heterocycles. The summed E-state index contributed by atoms with van der Waals surface area (Å²) in [6.45, 7) is 2.17. The fourth-order valence-corrected chi connectivity index (χ4v) is 3.74. The highest BCUT2D eigenvalue weighted by Crippen LogP contribution is 2.37. The topological polar surface area (TPSA) is 13.1 Å². The van der Waals surface area contributed by atoms with E-state index in [0.717, 1.165) is 21.9 Å². The van der Waals surface area contributed by atoms with Crippen molar-refractivity contribution in [1.29, 1.82) is 0 Å². The normalized spacial score (nSPS) is 11.3. The largest absolute Gasteiger partial charge is 0.456 e. The molecule has 0 saturated heterocycles. The van der Waals surface area contributed by atoms with Crippen LogP contribution in [0.15, 0.2) is 95.4 Å². The Bertz CT molecular complexity index is 1240. The standard InChI is InChI=1S/C25H18O/c1-17-8-2-3-9-19(17)21-11-5-4-10-20(21)18-14-15-25-23(16-18)22-12-6-7-13-24(22)26-25/h2-16H,1H3. The van der Waals surface area contributed by atoms with Crippen LogP contribution in [0.1, 0.15) is 5.56 Å². The van der Waals surface area contributed by atoms with Gasteiger partial charge in [-0.05, 0) is 52.9 Å². The van der Waals surface area contributed by atoms with Crippen molar-refractivity contribution < 1.29 is 4.42 Å². The molecule has 0 N–H and O–H groups in total. The SMILES string of the molecule is Cc1ccccc1-c1ccccc1-c1ccc2oc3ccccc3c2c1. The van der Waals surface area contributed by atoms with E-state index in [4.69, 9.17) is 4.42 Å². The Morgan fingerprint density at radius 3 is 2.04 bits per heavy atom. The van der Waals surface area contributed by atoms with E-state index < -0.39 is 0 Å². The molecule has 0 aliphatic rings. The average molecular weight is 334 g/mol. The molecule has 0 radical (unpaired) electrons. The molecule has 124 valence electrons. The van der Waals surface area contributed by atoms with E-state index in [1.807, 2.05) is 12.1 Å². The third kappa shape index (κ3) is 2.33. The highest BCUT2D eigenvalue weighted by Gasteiger charge is 2.12. The smallest absolute Gasteiger partial charge is 0.135 e. The molecule has 0 saturated carbocycles. The van der Waals surface area contributed by atoms with Crippen molar-refractivity contribution in [3.63, 3.8) is 0 Å². The summed E-state index contributed by atoms with van der Waals surface area (Å²) in [7, 11) is 0. The van der Waals surface area contributed by atoms with Crippen molar-refractivity contribution in [1.82, 2.24) is 0 Å². The molecule has 0 unspecified atom stereocenters. The van der Waals surface area contributed by atoms with Gasteiger partial charge in [0.15, 0.2) is 0 Å². The number of rotatable bonds is 2. The van der Waals surface area contributed by atoms with Gasteiger partial charge in [0.25, 0.3) is 0 Å². The minimum atomic E-state index is 0.934. The van der Waals surface area contributed by atoms with Gasteiger partial charge in [0.05, 0.1) is 0 Å². The molecule has 0 aliphatic heterocycles. The second-order valence-electron chi connectivity index (χ2n) is 6.67. The van der Waals surface area contributed by atoms with Gasteiger partial charge in [0, 0.05) is 10.8 Å². The van der Waals surface area contributed by atoms with Crippen molar-refractivity contribution in [2.24, 2.45) is 0 Å². The monoisotopic (exact) mass is 334 g/mol. The molecule has 4 aromatic carbocycles.